The van der Waals surface area contributed by atoms with Gasteiger partial charge in [0.25, 0.3) is 0 Å². The Bertz CT molecular complexity index is 794. The van der Waals surface area contributed by atoms with Crippen molar-refractivity contribution in [2.75, 3.05) is 6.54 Å². The molecule has 1 atom stereocenters. The molecule has 1 rings (SSSR count). The molecule has 0 saturated carbocycles. The van der Waals surface area contributed by atoms with Crippen molar-refractivity contribution in [2.24, 2.45) is 5.92 Å². The normalized spacial score (nSPS) is 14.0. The highest BCUT2D eigenvalue weighted by Gasteiger charge is 2.32. The predicted molar refractivity (Wildman–Crippen MR) is 104 cm³/mol. The molecule has 0 aliphatic rings. The standard InChI is InChI=1S/C19H30N2O5S/c1-12(2)19(6,11-17(23)24)21-16(22)7-8-20-27(25,26)18-14(4)9-13(3)10-15(18)5/h9-10,12,20H,7-8,11H2,1-6H3,(H,21,22)(H,23,24). The summed E-state index contributed by atoms with van der Waals surface area (Å²) in [5.41, 5.74) is 1.39. The summed E-state index contributed by atoms with van der Waals surface area (Å²) < 4.78 is 27.6. The lowest BCUT2D eigenvalue weighted by Crippen LogP contribution is -2.51. The second kappa shape index (κ2) is 8.84. The zero-order chi connectivity index (χ0) is 21.0. The van der Waals surface area contributed by atoms with Gasteiger partial charge in [0.1, 0.15) is 0 Å². The molecule has 152 valence electrons. The van der Waals surface area contributed by atoms with Crippen LogP contribution in [0.25, 0.3) is 0 Å². The van der Waals surface area contributed by atoms with E-state index in [-0.39, 0.29) is 30.2 Å². The van der Waals surface area contributed by atoms with Crippen LogP contribution in [0.3, 0.4) is 0 Å². The lowest BCUT2D eigenvalue weighted by molar-refractivity contribution is -0.139. The number of carboxylic acids is 1. The molecule has 8 heteroatoms. The van der Waals surface area contributed by atoms with Crippen LogP contribution >= 0.6 is 0 Å². The molecule has 0 aliphatic heterocycles. The van der Waals surface area contributed by atoms with Gasteiger partial charge in [-0.3, -0.25) is 9.59 Å². The van der Waals surface area contributed by atoms with Gasteiger partial charge in [-0.1, -0.05) is 31.5 Å². The van der Waals surface area contributed by atoms with Crippen molar-refractivity contribution in [2.45, 2.75) is 64.8 Å². The number of hydrogen-bond acceptors (Lipinski definition) is 4. The number of aryl methyl sites for hydroxylation is 3. The predicted octanol–water partition coefficient (Wildman–Crippen LogP) is 2.29. The maximum atomic E-state index is 12.6. The quantitative estimate of drug-likeness (QED) is 0.591. The van der Waals surface area contributed by atoms with Gasteiger partial charge < -0.3 is 10.4 Å². The molecular formula is C19H30N2O5S. The van der Waals surface area contributed by atoms with Crippen LogP contribution in [0, 0.1) is 26.7 Å². The van der Waals surface area contributed by atoms with E-state index >= 15 is 0 Å². The Morgan fingerprint density at radius 1 is 1.15 bits per heavy atom. The Morgan fingerprint density at radius 3 is 2.11 bits per heavy atom. The number of nitrogens with one attached hydrogen (secondary N) is 2. The van der Waals surface area contributed by atoms with Gasteiger partial charge in [0.15, 0.2) is 0 Å². The van der Waals surface area contributed by atoms with E-state index in [0.29, 0.717) is 11.1 Å². The molecule has 1 aromatic carbocycles. The Kier molecular flexibility index (Phi) is 7.57. The number of carbonyl (C=O) groups is 2. The van der Waals surface area contributed by atoms with Gasteiger partial charge in [-0.15, -0.1) is 0 Å². The van der Waals surface area contributed by atoms with E-state index in [2.05, 4.69) is 10.0 Å². The van der Waals surface area contributed by atoms with Gasteiger partial charge in [-0.2, -0.15) is 0 Å². The average molecular weight is 399 g/mol. The summed E-state index contributed by atoms with van der Waals surface area (Å²) in [6.07, 6.45) is -0.283. The number of aliphatic carboxylic acids is 1. The lowest BCUT2D eigenvalue weighted by atomic mass is 9.85. The summed E-state index contributed by atoms with van der Waals surface area (Å²) in [6, 6.07) is 3.60. The van der Waals surface area contributed by atoms with Crippen LogP contribution in [0.1, 0.15) is 50.3 Å². The number of rotatable bonds is 9. The van der Waals surface area contributed by atoms with Gasteiger partial charge >= 0.3 is 5.97 Å². The number of carboxylic acid groups (broad SMARTS) is 1. The van der Waals surface area contributed by atoms with E-state index in [0.717, 1.165) is 5.56 Å². The number of amides is 1. The summed E-state index contributed by atoms with van der Waals surface area (Å²) in [5, 5.41) is 11.8. The molecule has 1 unspecified atom stereocenters. The largest absolute Gasteiger partial charge is 0.481 e. The Balaban J connectivity index is 2.77. The molecule has 0 bridgehead atoms. The van der Waals surface area contributed by atoms with E-state index < -0.39 is 27.4 Å². The molecule has 27 heavy (non-hydrogen) atoms. The maximum Gasteiger partial charge on any atom is 0.305 e. The molecular weight excluding hydrogens is 368 g/mol. The third-order valence-electron chi connectivity index (χ3n) is 4.74. The second-order valence-corrected chi connectivity index (χ2v) is 9.27. The average Bonchev–Trinajstić information content (AvgIpc) is 2.43. The van der Waals surface area contributed by atoms with Crippen LogP contribution in [0.5, 0.6) is 0 Å². The molecule has 0 saturated heterocycles. The second-order valence-electron chi connectivity index (χ2n) is 7.57. The summed E-state index contributed by atoms with van der Waals surface area (Å²) in [7, 11) is -3.74. The molecule has 7 nitrogen and oxygen atoms in total. The minimum Gasteiger partial charge on any atom is -0.481 e. The summed E-state index contributed by atoms with van der Waals surface area (Å²) in [5.74, 6) is -1.49. The number of benzene rings is 1. The lowest BCUT2D eigenvalue weighted by Gasteiger charge is -2.33. The first-order valence-electron chi connectivity index (χ1n) is 8.89. The topological polar surface area (TPSA) is 113 Å². The zero-order valence-electron chi connectivity index (χ0n) is 16.8. The van der Waals surface area contributed by atoms with Crippen LogP contribution in [-0.2, 0) is 19.6 Å². The monoisotopic (exact) mass is 398 g/mol. The van der Waals surface area contributed by atoms with E-state index in [9.17, 15) is 18.0 Å². The third-order valence-corrected chi connectivity index (χ3v) is 6.50. The van der Waals surface area contributed by atoms with Gasteiger partial charge in [0.05, 0.1) is 11.3 Å². The fraction of sp³-hybridized carbons (Fsp3) is 0.579. The van der Waals surface area contributed by atoms with Crippen LogP contribution in [0.15, 0.2) is 17.0 Å². The van der Waals surface area contributed by atoms with Crippen LogP contribution < -0.4 is 10.0 Å². The van der Waals surface area contributed by atoms with Gasteiger partial charge in [-0.05, 0) is 44.7 Å². The molecule has 0 aliphatic carbocycles. The Hall–Kier alpha value is -1.93. The molecule has 0 radical (unpaired) electrons. The van der Waals surface area contributed by atoms with Crippen molar-refractivity contribution in [1.29, 1.82) is 0 Å². The first-order chi connectivity index (χ1) is 12.3. The minimum atomic E-state index is -3.74. The van der Waals surface area contributed by atoms with Crippen molar-refractivity contribution in [3.63, 3.8) is 0 Å². The van der Waals surface area contributed by atoms with Crippen LogP contribution in [-0.4, -0.2) is 37.5 Å². The highest BCUT2D eigenvalue weighted by molar-refractivity contribution is 7.89. The Morgan fingerprint density at radius 2 is 1.67 bits per heavy atom. The number of sulfonamides is 1. The molecule has 1 aromatic rings. The van der Waals surface area contributed by atoms with Gasteiger partial charge in [0, 0.05) is 18.5 Å². The third kappa shape index (κ3) is 6.32. The first kappa shape index (κ1) is 23.1. The van der Waals surface area contributed by atoms with E-state index in [1.807, 2.05) is 20.8 Å². The summed E-state index contributed by atoms with van der Waals surface area (Å²) in [4.78, 5) is 23.5. The van der Waals surface area contributed by atoms with Crippen molar-refractivity contribution in [3.8, 4) is 0 Å². The molecule has 0 spiro atoms. The molecule has 0 heterocycles. The highest BCUT2D eigenvalue weighted by atomic mass is 32.2. The summed E-state index contributed by atoms with van der Waals surface area (Å²) >= 11 is 0. The van der Waals surface area contributed by atoms with E-state index in [1.54, 1.807) is 32.9 Å². The molecule has 3 N–H and O–H groups in total. The molecule has 0 fully saturated rings. The smallest absolute Gasteiger partial charge is 0.305 e. The first-order valence-corrected chi connectivity index (χ1v) is 10.4. The molecule has 1 amide bonds. The van der Waals surface area contributed by atoms with E-state index in [1.165, 1.54) is 0 Å². The van der Waals surface area contributed by atoms with Crippen molar-refractivity contribution in [1.82, 2.24) is 10.0 Å². The minimum absolute atomic E-state index is 0.0673. The molecule has 0 aromatic heterocycles. The van der Waals surface area contributed by atoms with Crippen molar-refractivity contribution >= 4 is 21.9 Å². The van der Waals surface area contributed by atoms with Crippen LogP contribution in [0.2, 0.25) is 0 Å². The number of hydrogen-bond donors (Lipinski definition) is 3. The maximum absolute atomic E-state index is 12.6. The fourth-order valence-electron chi connectivity index (χ4n) is 3.05. The van der Waals surface area contributed by atoms with Crippen molar-refractivity contribution < 1.29 is 23.1 Å². The number of carbonyl (C=O) groups excluding carboxylic acids is 1. The van der Waals surface area contributed by atoms with Gasteiger partial charge in [0.2, 0.25) is 15.9 Å². The summed E-state index contributed by atoms with van der Waals surface area (Å²) in [6.45, 7) is 10.6. The Labute approximate surface area is 161 Å². The highest BCUT2D eigenvalue weighted by Crippen LogP contribution is 2.22. The fourth-order valence-corrected chi connectivity index (χ4v) is 4.53. The van der Waals surface area contributed by atoms with E-state index in [4.69, 9.17) is 5.11 Å². The SMILES string of the molecule is Cc1cc(C)c(S(=O)(=O)NCCC(=O)NC(C)(CC(=O)O)C(C)C)c(C)c1. The van der Waals surface area contributed by atoms with Crippen molar-refractivity contribution in [3.05, 3.63) is 28.8 Å². The van der Waals surface area contributed by atoms with Crippen LogP contribution in [0.4, 0.5) is 0 Å². The zero-order valence-corrected chi connectivity index (χ0v) is 17.7. The van der Waals surface area contributed by atoms with Gasteiger partial charge in [-0.25, -0.2) is 13.1 Å².